The van der Waals surface area contributed by atoms with Crippen LogP contribution in [0, 0.1) is 6.92 Å². The molecule has 0 aliphatic carbocycles. The molecule has 1 fully saturated rings. The van der Waals surface area contributed by atoms with Crippen LogP contribution in [-0.2, 0) is 9.59 Å². The van der Waals surface area contributed by atoms with Gasteiger partial charge in [-0.25, -0.2) is 0 Å². The van der Waals surface area contributed by atoms with Crippen LogP contribution in [0.1, 0.15) is 38.2 Å². The van der Waals surface area contributed by atoms with Crippen molar-refractivity contribution in [3.8, 4) is 0 Å². The molecule has 1 aliphatic rings. The number of piperidine rings is 1. The second-order valence-electron chi connectivity index (χ2n) is 6.82. The number of nitrogens with zero attached hydrogens (tertiary/aromatic N) is 2. The van der Waals surface area contributed by atoms with E-state index >= 15 is 0 Å². The molecule has 1 aliphatic heterocycles. The van der Waals surface area contributed by atoms with Crippen molar-refractivity contribution < 1.29 is 9.59 Å². The molecule has 25 heavy (non-hydrogen) atoms. The molecule has 1 heterocycles. The minimum Gasteiger partial charge on any atom is -0.339 e. The molecule has 1 N–H and O–H groups in total. The first kappa shape index (κ1) is 19.9. The van der Waals surface area contributed by atoms with Gasteiger partial charge >= 0.3 is 0 Å². The first-order valence-corrected chi connectivity index (χ1v) is 9.74. The van der Waals surface area contributed by atoms with Gasteiger partial charge in [0.15, 0.2) is 0 Å². The van der Waals surface area contributed by atoms with Gasteiger partial charge in [-0.3, -0.25) is 14.5 Å². The van der Waals surface area contributed by atoms with Gasteiger partial charge < -0.3 is 10.2 Å². The Morgan fingerprint density at radius 3 is 2.76 bits per heavy atom. The average molecular weight is 410 g/mol. The summed E-state index contributed by atoms with van der Waals surface area (Å²) in [5, 5.41) is 2.91. The second-order valence-corrected chi connectivity index (χ2v) is 7.74. The lowest BCUT2D eigenvalue weighted by Gasteiger charge is -2.36. The molecule has 1 aromatic carbocycles. The number of hydrogen-bond acceptors (Lipinski definition) is 3. The van der Waals surface area contributed by atoms with Crippen molar-refractivity contribution in [3.63, 3.8) is 0 Å². The molecular weight excluding hydrogens is 382 g/mol. The van der Waals surface area contributed by atoms with Crippen molar-refractivity contribution in [1.29, 1.82) is 0 Å². The van der Waals surface area contributed by atoms with Gasteiger partial charge in [0, 0.05) is 22.7 Å². The highest BCUT2D eigenvalue weighted by atomic mass is 79.9. The van der Waals surface area contributed by atoms with Crippen LogP contribution in [0.2, 0.25) is 0 Å². The summed E-state index contributed by atoms with van der Waals surface area (Å²) in [5.41, 5.74) is 1.80. The standard InChI is InChI=1S/C19H28BrN3O2/c1-4-16-7-5-6-10-23(16)19(25)13-22(3)12-18(24)21-17-9-8-15(20)11-14(17)2/h8-9,11,16H,4-7,10,12-13H2,1-3H3,(H,21,24)/t16-/m0/s1. The Morgan fingerprint density at radius 2 is 2.08 bits per heavy atom. The Labute approximate surface area is 158 Å². The van der Waals surface area contributed by atoms with Gasteiger partial charge in [-0.1, -0.05) is 22.9 Å². The number of rotatable bonds is 6. The fourth-order valence-corrected chi connectivity index (χ4v) is 3.81. The third-order valence-electron chi connectivity index (χ3n) is 4.70. The molecule has 1 atom stereocenters. The van der Waals surface area contributed by atoms with E-state index in [1.165, 1.54) is 6.42 Å². The molecule has 1 aromatic rings. The van der Waals surface area contributed by atoms with Crippen LogP contribution in [0.3, 0.4) is 0 Å². The molecule has 138 valence electrons. The van der Waals surface area contributed by atoms with Crippen LogP contribution >= 0.6 is 15.9 Å². The SMILES string of the molecule is CC[C@H]1CCCCN1C(=O)CN(C)CC(=O)Nc1ccc(Br)cc1C. The topological polar surface area (TPSA) is 52.7 Å². The van der Waals surface area contributed by atoms with Crippen molar-refractivity contribution in [1.82, 2.24) is 9.80 Å². The zero-order valence-corrected chi connectivity index (χ0v) is 16.9. The molecule has 6 heteroatoms. The third-order valence-corrected chi connectivity index (χ3v) is 5.19. The van der Waals surface area contributed by atoms with Crippen LogP contribution in [0.4, 0.5) is 5.69 Å². The van der Waals surface area contributed by atoms with Crippen LogP contribution in [0.15, 0.2) is 22.7 Å². The molecule has 1 saturated heterocycles. The summed E-state index contributed by atoms with van der Waals surface area (Å²) < 4.78 is 0.984. The summed E-state index contributed by atoms with van der Waals surface area (Å²) in [4.78, 5) is 28.6. The summed E-state index contributed by atoms with van der Waals surface area (Å²) in [6.45, 7) is 5.41. The molecule has 0 saturated carbocycles. The highest BCUT2D eigenvalue weighted by molar-refractivity contribution is 9.10. The zero-order chi connectivity index (χ0) is 18.4. The largest absolute Gasteiger partial charge is 0.339 e. The Balaban J connectivity index is 1.85. The van der Waals surface area contributed by atoms with E-state index in [4.69, 9.17) is 0 Å². The average Bonchev–Trinajstić information content (AvgIpc) is 2.57. The number of carbonyl (C=O) groups is 2. The van der Waals surface area contributed by atoms with Gasteiger partial charge in [-0.15, -0.1) is 0 Å². The predicted molar refractivity (Wildman–Crippen MR) is 105 cm³/mol. The quantitative estimate of drug-likeness (QED) is 0.782. The van der Waals surface area contributed by atoms with Gasteiger partial charge in [0.1, 0.15) is 0 Å². The summed E-state index contributed by atoms with van der Waals surface area (Å²) in [6.07, 6.45) is 4.37. The van der Waals surface area contributed by atoms with Gasteiger partial charge in [0.2, 0.25) is 11.8 Å². The minimum absolute atomic E-state index is 0.105. The highest BCUT2D eigenvalue weighted by Crippen LogP contribution is 2.21. The van der Waals surface area contributed by atoms with E-state index in [2.05, 4.69) is 28.2 Å². The van der Waals surface area contributed by atoms with E-state index in [0.29, 0.717) is 6.04 Å². The van der Waals surface area contributed by atoms with Gasteiger partial charge in [-0.05, 0) is 63.4 Å². The molecule has 2 amide bonds. The number of aryl methyl sites for hydroxylation is 1. The number of anilines is 1. The minimum atomic E-state index is -0.105. The fourth-order valence-electron chi connectivity index (χ4n) is 3.33. The smallest absolute Gasteiger partial charge is 0.238 e. The molecule has 2 rings (SSSR count). The van der Waals surface area contributed by atoms with Crippen LogP contribution < -0.4 is 5.32 Å². The lowest BCUT2D eigenvalue weighted by molar-refractivity contribution is -0.136. The zero-order valence-electron chi connectivity index (χ0n) is 15.3. The summed E-state index contributed by atoms with van der Waals surface area (Å²) in [5.74, 6) is 0.0214. The molecule has 0 radical (unpaired) electrons. The lowest BCUT2D eigenvalue weighted by atomic mass is 10.00. The maximum absolute atomic E-state index is 12.6. The fraction of sp³-hybridized carbons (Fsp3) is 0.579. The van der Waals surface area contributed by atoms with Gasteiger partial charge in [-0.2, -0.15) is 0 Å². The Hall–Kier alpha value is -1.40. The Bertz CT molecular complexity index is 621. The number of carbonyl (C=O) groups excluding carboxylic acids is 2. The highest BCUT2D eigenvalue weighted by Gasteiger charge is 2.26. The number of likely N-dealkylation sites (N-methyl/N-ethyl adjacent to an activating group) is 1. The molecule has 0 bridgehead atoms. The summed E-state index contributed by atoms with van der Waals surface area (Å²) in [7, 11) is 1.82. The summed E-state index contributed by atoms with van der Waals surface area (Å²) >= 11 is 3.42. The monoisotopic (exact) mass is 409 g/mol. The van der Waals surface area contributed by atoms with Crippen LogP contribution in [0.25, 0.3) is 0 Å². The Kier molecular flexibility index (Phi) is 7.44. The van der Waals surface area contributed by atoms with Crippen molar-refractivity contribution in [2.24, 2.45) is 0 Å². The van der Waals surface area contributed by atoms with E-state index in [1.54, 1.807) is 4.90 Å². The van der Waals surface area contributed by atoms with Gasteiger partial charge in [0.05, 0.1) is 13.1 Å². The van der Waals surface area contributed by atoms with Crippen molar-refractivity contribution in [2.75, 3.05) is 32.0 Å². The van der Waals surface area contributed by atoms with E-state index < -0.39 is 0 Å². The van der Waals surface area contributed by atoms with Crippen molar-refractivity contribution in [3.05, 3.63) is 28.2 Å². The summed E-state index contributed by atoms with van der Waals surface area (Å²) in [6, 6.07) is 6.09. The second kappa shape index (κ2) is 9.34. The number of halogens is 1. The first-order valence-electron chi connectivity index (χ1n) is 8.94. The van der Waals surface area contributed by atoms with E-state index in [0.717, 1.165) is 41.5 Å². The van der Waals surface area contributed by atoms with Crippen molar-refractivity contribution >= 4 is 33.4 Å². The van der Waals surface area contributed by atoms with E-state index in [1.807, 2.05) is 37.1 Å². The number of benzene rings is 1. The maximum atomic E-state index is 12.6. The molecular formula is C19H28BrN3O2. The first-order chi connectivity index (χ1) is 11.9. The number of amides is 2. The molecule has 0 aromatic heterocycles. The van der Waals surface area contributed by atoms with E-state index in [9.17, 15) is 9.59 Å². The molecule has 0 spiro atoms. The number of nitrogens with one attached hydrogen (secondary N) is 1. The molecule has 5 nitrogen and oxygen atoms in total. The normalized spacial score (nSPS) is 17.6. The molecule has 0 unspecified atom stereocenters. The number of likely N-dealkylation sites (tertiary alicyclic amines) is 1. The van der Waals surface area contributed by atoms with Crippen molar-refractivity contribution in [2.45, 2.75) is 45.6 Å². The Morgan fingerprint density at radius 1 is 1.32 bits per heavy atom. The van der Waals surface area contributed by atoms with E-state index in [-0.39, 0.29) is 24.9 Å². The maximum Gasteiger partial charge on any atom is 0.238 e. The van der Waals surface area contributed by atoms with Gasteiger partial charge in [0.25, 0.3) is 0 Å². The van der Waals surface area contributed by atoms with Crippen LogP contribution in [-0.4, -0.2) is 54.3 Å². The predicted octanol–water partition coefficient (Wildman–Crippen LogP) is 3.42. The number of hydrogen-bond donors (Lipinski definition) is 1. The third kappa shape index (κ3) is 5.82. The van der Waals surface area contributed by atoms with Crippen LogP contribution in [0.5, 0.6) is 0 Å². The lowest BCUT2D eigenvalue weighted by Crippen LogP contribution is -2.48.